The molecule has 0 unspecified atom stereocenters. The quantitative estimate of drug-likeness (QED) is 0.317. The van der Waals surface area contributed by atoms with Gasteiger partial charge in [-0.25, -0.2) is 19.6 Å². The number of carboxylic acid groups (broad SMARTS) is 1. The average molecular weight is 443 g/mol. The van der Waals surface area contributed by atoms with Gasteiger partial charge in [-0.15, -0.1) is 22.7 Å². The maximum atomic E-state index is 12.3. The van der Waals surface area contributed by atoms with E-state index in [-0.39, 0.29) is 12.4 Å². The van der Waals surface area contributed by atoms with E-state index in [1.54, 1.807) is 10.8 Å². The van der Waals surface area contributed by atoms with Gasteiger partial charge in [-0.05, 0) is 12.1 Å². The number of thiophene rings is 1. The van der Waals surface area contributed by atoms with Gasteiger partial charge in [-0.1, -0.05) is 12.1 Å². The van der Waals surface area contributed by atoms with Crippen molar-refractivity contribution in [3.05, 3.63) is 56.1 Å². The predicted molar refractivity (Wildman–Crippen MR) is 112 cm³/mol. The minimum Gasteiger partial charge on any atom is -0.501 e. The summed E-state index contributed by atoms with van der Waals surface area (Å²) < 4.78 is 1.02. The number of nitrogens with zero attached hydrogens (tertiary/aromatic N) is 2. The fourth-order valence-corrected chi connectivity index (χ4v) is 4.31. The topological polar surface area (TPSA) is 157 Å². The Morgan fingerprint density at radius 1 is 1.17 bits per heavy atom. The highest BCUT2D eigenvalue weighted by molar-refractivity contribution is 7.18. The molecule has 0 saturated heterocycles. The number of urea groups is 1. The monoisotopic (exact) mass is 443 g/mol. The molecule has 30 heavy (non-hydrogen) atoms. The van der Waals surface area contributed by atoms with Gasteiger partial charge in [0.25, 0.3) is 5.56 Å². The number of aromatic amines is 1. The van der Waals surface area contributed by atoms with Crippen molar-refractivity contribution < 1.29 is 19.8 Å². The van der Waals surface area contributed by atoms with E-state index in [1.165, 1.54) is 22.7 Å². The molecule has 1 aromatic carbocycles. The van der Waals surface area contributed by atoms with Crippen LogP contribution in [0.5, 0.6) is 5.75 Å². The van der Waals surface area contributed by atoms with Crippen molar-refractivity contribution >= 4 is 50.6 Å². The number of aromatic hydroxyl groups is 1. The first-order valence-electron chi connectivity index (χ1n) is 8.45. The Morgan fingerprint density at radius 2 is 1.97 bits per heavy atom. The second-order valence-electron chi connectivity index (χ2n) is 6.00. The first-order valence-corrected chi connectivity index (χ1v) is 10.2. The molecule has 0 fully saturated rings. The fraction of sp³-hybridized carbons (Fsp3) is 0.0556. The maximum absolute atomic E-state index is 12.3. The first-order chi connectivity index (χ1) is 14.4. The van der Waals surface area contributed by atoms with Crippen LogP contribution >= 0.6 is 22.7 Å². The summed E-state index contributed by atoms with van der Waals surface area (Å²) in [4.78, 5) is 45.8. The number of aromatic carboxylic acids is 1. The summed E-state index contributed by atoms with van der Waals surface area (Å²) in [6.45, 7) is 0.224. The molecule has 2 amide bonds. The number of H-pyrrole nitrogens is 1. The molecule has 3 aromatic heterocycles. The third-order valence-corrected chi connectivity index (χ3v) is 5.78. The summed E-state index contributed by atoms with van der Waals surface area (Å²) in [6, 6.07) is 7.14. The molecule has 3 heterocycles. The van der Waals surface area contributed by atoms with E-state index in [0.717, 1.165) is 15.2 Å². The Balaban J connectivity index is 1.50. The van der Waals surface area contributed by atoms with Gasteiger partial charge in [0, 0.05) is 10.8 Å². The van der Waals surface area contributed by atoms with Crippen LogP contribution in [0.15, 0.2) is 39.8 Å². The molecular weight excluding hydrogens is 430 g/mol. The molecule has 0 aliphatic carbocycles. The molecule has 0 atom stereocenters. The van der Waals surface area contributed by atoms with Crippen molar-refractivity contribution in [3.63, 3.8) is 0 Å². The maximum Gasteiger partial charge on any atom is 0.358 e. The third kappa shape index (κ3) is 3.86. The second kappa shape index (κ2) is 7.93. The Hall–Kier alpha value is -3.77. The van der Waals surface area contributed by atoms with Crippen molar-refractivity contribution in [2.75, 3.05) is 5.32 Å². The number of para-hydroxylation sites is 1. The number of rotatable bonds is 5. The number of nitrogens with one attached hydrogen (secondary N) is 3. The van der Waals surface area contributed by atoms with E-state index in [4.69, 9.17) is 5.11 Å². The lowest BCUT2D eigenvalue weighted by molar-refractivity contribution is 0.0686. The van der Waals surface area contributed by atoms with Crippen LogP contribution in [0.4, 0.5) is 10.5 Å². The van der Waals surface area contributed by atoms with E-state index in [0.29, 0.717) is 11.3 Å². The van der Waals surface area contributed by atoms with Crippen LogP contribution in [0.2, 0.25) is 0 Å². The smallest absolute Gasteiger partial charge is 0.358 e. The SMILES string of the molecule is O=C(NCc1nc2ccccc2s1)Nc1cscc1-c1nc(C(=O)O)c(O)c(=O)[nH]1. The average Bonchev–Trinajstić information content (AvgIpc) is 3.34. The van der Waals surface area contributed by atoms with Gasteiger partial charge in [0.15, 0.2) is 5.69 Å². The molecule has 152 valence electrons. The Kier molecular flexibility index (Phi) is 5.16. The Bertz CT molecular complexity index is 1290. The zero-order valence-electron chi connectivity index (χ0n) is 15.0. The normalized spacial score (nSPS) is 10.8. The number of carbonyl (C=O) groups is 2. The van der Waals surface area contributed by atoms with Crippen LogP contribution in [0.25, 0.3) is 21.6 Å². The molecule has 4 aromatic rings. The van der Waals surface area contributed by atoms with Gasteiger partial charge in [-0.2, -0.15) is 0 Å². The summed E-state index contributed by atoms with van der Waals surface area (Å²) >= 11 is 2.69. The van der Waals surface area contributed by atoms with Crippen molar-refractivity contribution in [3.8, 4) is 17.1 Å². The molecular formula is C18H13N5O5S2. The number of hydrogen-bond donors (Lipinski definition) is 5. The summed E-state index contributed by atoms with van der Waals surface area (Å²) in [6.07, 6.45) is 0. The Labute approximate surface area is 175 Å². The minimum absolute atomic E-state index is 0.0853. The van der Waals surface area contributed by atoms with E-state index in [1.807, 2.05) is 24.3 Å². The highest BCUT2D eigenvalue weighted by Crippen LogP contribution is 2.30. The highest BCUT2D eigenvalue weighted by atomic mass is 32.1. The zero-order chi connectivity index (χ0) is 21.3. The molecule has 10 nitrogen and oxygen atoms in total. The van der Waals surface area contributed by atoms with Gasteiger partial charge in [0.2, 0.25) is 5.75 Å². The lowest BCUT2D eigenvalue weighted by Crippen LogP contribution is -2.28. The number of hydrogen-bond acceptors (Lipinski definition) is 8. The third-order valence-electron chi connectivity index (χ3n) is 4.00. The van der Waals surface area contributed by atoms with Crippen molar-refractivity contribution in [1.82, 2.24) is 20.3 Å². The summed E-state index contributed by atoms with van der Waals surface area (Å²) in [7, 11) is 0. The lowest BCUT2D eigenvalue weighted by Gasteiger charge is -2.08. The van der Waals surface area contributed by atoms with Crippen LogP contribution < -0.4 is 16.2 Å². The first kappa shape index (κ1) is 19.5. The summed E-state index contributed by atoms with van der Waals surface area (Å²) in [5, 5.41) is 28.0. The lowest BCUT2D eigenvalue weighted by atomic mass is 10.2. The van der Waals surface area contributed by atoms with Gasteiger partial charge in [0.1, 0.15) is 10.8 Å². The number of carbonyl (C=O) groups excluding carboxylic acids is 1. The van der Waals surface area contributed by atoms with Crippen molar-refractivity contribution in [1.29, 1.82) is 0 Å². The number of fused-ring (bicyclic) bond motifs is 1. The van der Waals surface area contributed by atoms with Crippen LogP contribution in [0.3, 0.4) is 0 Å². The largest absolute Gasteiger partial charge is 0.501 e. The van der Waals surface area contributed by atoms with Gasteiger partial charge < -0.3 is 25.8 Å². The van der Waals surface area contributed by atoms with Gasteiger partial charge in [-0.3, -0.25) is 4.79 Å². The molecule has 0 bridgehead atoms. The number of anilines is 1. The molecule has 0 saturated carbocycles. The van der Waals surface area contributed by atoms with E-state index >= 15 is 0 Å². The van der Waals surface area contributed by atoms with Crippen molar-refractivity contribution in [2.24, 2.45) is 0 Å². The van der Waals surface area contributed by atoms with E-state index < -0.39 is 29.0 Å². The summed E-state index contributed by atoms with van der Waals surface area (Å²) in [5.41, 5.74) is -0.265. The number of thiazole rings is 1. The molecule has 4 rings (SSSR count). The molecule has 5 N–H and O–H groups in total. The van der Waals surface area contributed by atoms with Crippen LogP contribution in [0.1, 0.15) is 15.5 Å². The number of aromatic nitrogens is 3. The van der Waals surface area contributed by atoms with Crippen LogP contribution in [-0.2, 0) is 6.54 Å². The van der Waals surface area contributed by atoms with E-state index in [2.05, 4.69) is 25.6 Å². The zero-order valence-corrected chi connectivity index (χ0v) is 16.6. The number of benzene rings is 1. The van der Waals surface area contributed by atoms with Gasteiger partial charge in [0.05, 0.1) is 28.0 Å². The number of carboxylic acids is 1. The molecule has 12 heteroatoms. The predicted octanol–water partition coefficient (Wildman–Crippen LogP) is 2.83. The van der Waals surface area contributed by atoms with Crippen LogP contribution in [0, 0.1) is 0 Å². The van der Waals surface area contributed by atoms with Gasteiger partial charge >= 0.3 is 12.0 Å². The van der Waals surface area contributed by atoms with E-state index in [9.17, 15) is 19.5 Å². The molecule has 0 aliphatic rings. The second-order valence-corrected chi connectivity index (χ2v) is 7.86. The molecule has 0 radical (unpaired) electrons. The van der Waals surface area contributed by atoms with Crippen LogP contribution in [-0.4, -0.2) is 37.2 Å². The molecule has 0 spiro atoms. The Morgan fingerprint density at radius 3 is 2.73 bits per heavy atom. The number of amides is 2. The standard InChI is InChI=1S/C18H13N5O5S2/c24-14-13(17(26)27)22-15(23-16(14)25)8-6-29-7-10(8)21-18(28)19-5-12-20-9-3-1-2-4-11(9)30-12/h1-4,6-7,24H,5H2,(H,26,27)(H2,19,21,28)(H,22,23,25). The molecule has 0 aliphatic heterocycles. The highest BCUT2D eigenvalue weighted by Gasteiger charge is 2.20. The van der Waals surface area contributed by atoms with Crippen molar-refractivity contribution in [2.45, 2.75) is 6.54 Å². The minimum atomic E-state index is -1.54. The summed E-state index contributed by atoms with van der Waals surface area (Å²) in [5.74, 6) is -2.61. The fourth-order valence-electron chi connectivity index (χ4n) is 2.64.